The Labute approximate surface area is 205 Å². The Morgan fingerprint density at radius 2 is 1.11 bits per heavy atom. The number of hydrogen-bond donors (Lipinski definition) is 2. The lowest BCUT2D eigenvalue weighted by Crippen LogP contribution is -2.46. The second-order valence-electron chi connectivity index (χ2n) is 8.83. The predicted molar refractivity (Wildman–Crippen MR) is 135 cm³/mol. The summed E-state index contributed by atoms with van der Waals surface area (Å²) in [4.78, 5) is 8.46. The summed E-state index contributed by atoms with van der Waals surface area (Å²) < 4.78 is 52.8. The molecule has 35 heavy (non-hydrogen) atoms. The van der Waals surface area contributed by atoms with E-state index in [1.807, 2.05) is 0 Å². The van der Waals surface area contributed by atoms with Crippen molar-refractivity contribution in [2.45, 2.75) is 20.0 Å². The standard InChI is InChI=1S/C13H18F3N3.C12H18FN3/c1-2-18-5-7-19(8-6-18)12-4-3-10(17)9-11(12)13(14,15)16;1-2-15-5-7-16(8-6-15)12-4-3-10(14)9-11(12)13/h3-4,9H,2,5-8,17H2,1H3;3-4,9H,2,5-8,14H2,1H3. The van der Waals surface area contributed by atoms with E-state index >= 15 is 0 Å². The quantitative estimate of drug-likeness (QED) is 0.493. The number of halogens is 4. The van der Waals surface area contributed by atoms with Gasteiger partial charge in [-0.2, -0.15) is 13.2 Å². The summed E-state index contributed by atoms with van der Waals surface area (Å²) in [5, 5.41) is 0. The van der Waals surface area contributed by atoms with Gasteiger partial charge in [0.15, 0.2) is 0 Å². The topological polar surface area (TPSA) is 65.0 Å². The summed E-state index contributed by atoms with van der Waals surface area (Å²) in [6.07, 6.45) is -4.37. The van der Waals surface area contributed by atoms with Crippen LogP contribution in [0.3, 0.4) is 0 Å². The summed E-state index contributed by atoms with van der Waals surface area (Å²) in [5.74, 6) is -0.218. The molecule has 2 aliphatic rings. The van der Waals surface area contributed by atoms with E-state index in [4.69, 9.17) is 11.5 Å². The number of hydrogen-bond acceptors (Lipinski definition) is 6. The Bertz CT molecular complexity index is 951. The second kappa shape index (κ2) is 11.8. The molecule has 0 radical (unpaired) electrons. The lowest BCUT2D eigenvalue weighted by Gasteiger charge is -2.36. The van der Waals surface area contributed by atoms with E-state index in [0.29, 0.717) is 24.5 Å². The van der Waals surface area contributed by atoms with E-state index in [1.165, 1.54) is 18.2 Å². The minimum atomic E-state index is -4.37. The molecule has 0 amide bonds. The van der Waals surface area contributed by atoms with Crippen LogP contribution in [0.5, 0.6) is 0 Å². The molecule has 0 spiro atoms. The minimum Gasteiger partial charge on any atom is -0.399 e. The fourth-order valence-corrected chi connectivity index (χ4v) is 4.45. The van der Waals surface area contributed by atoms with Crippen molar-refractivity contribution in [3.63, 3.8) is 0 Å². The smallest absolute Gasteiger partial charge is 0.399 e. The molecule has 0 saturated carbocycles. The van der Waals surface area contributed by atoms with Gasteiger partial charge >= 0.3 is 6.18 Å². The molecule has 4 rings (SSSR count). The van der Waals surface area contributed by atoms with Gasteiger partial charge in [-0.1, -0.05) is 13.8 Å². The third-order valence-electron chi connectivity index (χ3n) is 6.62. The van der Waals surface area contributed by atoms with E-state index in [2.05, 4.69) is 28.5 Å². The van der Waals surface area contributed by atoms with Gasteiger partial charge < -0.3 is 31.1 Å². The first-order valence-corrected chi connectivity index (χ1v) is 12.1. The molecule has 0 unspecified atom stereocenters. The Morgan fingerprint density at radius 1 is 0.686 bits per heavy atom. The summed E-state index contributed by atoms with van der Waals surface area (Å²) in [5.41, 5.74) is 11.9. The highest BCUT2D eigenvalue weighted by atomic mass is 19.4. The number of nitrogen functional groups attached to an aromatic ring is 2. The summed E-state index contributed by atoms with van der Waals surface area (Å²) in [7, 11) is 0. The molecule has 0 aliphatic carbocycles. The van der Waals surface area contributed by atoms with Crippen LogP contribution in [0.1, 0.15) is 19.4 Å². The monoisotopic (exact) mass is 496 g/mol. The number of alkyl halides is 3. The Kier molecular flexibility index (Phi) is 9.07. The zero-order valence-corrected chi connectivity index (χ0v) is 20.5. The molecule has 2 heterocycles. The maximum atomic E-state index is 13.7. The largest absolute Gasteiger partial charge is 0.418 e. The number of rotatable bonds is 4. The number of nitrogens with two attached hydrogens (primary N) is 2. The molecule has 0 atom stereocenters. The molecular formula is C25H36F4N6. The first kappa shape index (κ1) is 26.9. The van der Waals surface area contributed by atoms with Crippen LogP contribution < -0.4 is 21.3 Å². The number of benzene rings is 2. The van der Waals surface area contributed by atoms with E-state index in [1.54, 1.807) is 17.0 Å². The maximum Gasteiger partial charge on any atom is 0.418 e. The molecule has 2 aliphatic heterocycles. The Hall–Kier alpha value is -2.72. The van der Waals surface area contributed by atoms with Crippen LogP contribution in [0.25, 0.3) is 0 Å². The fourth-order valence-electron chi connectivity index (χ4n) is 4.45. The zero-order chi connectivity index (χ0) is 25.6. The fraction of sp³-hybridized carbons (Fsp3) is 0.520. The molecule has 2 fully saturated rings. The predicted octanol–water partition coefficient (Wildman–Crippen LogP) is 3.98. The van der Waals surface area contributed by atoms with Gasteiger partial charge in [0.05, 0.1) is 11.3 Å². The van der Waals surface area contributed by atoms with E-state index in [9.17, 15) is 17.6 Å². The van der Waals surface area contributed by atoms with Gasteiger partial charge in [0.1, 0.15) is 5.82 Å². The van der Waals surface area contributed by atoms with Crippen LogP contribution in [0.2, 0.25) is 0 Å². The first-order valence-electron chi connectivity index (χ1n) is 12.1. The van der Waals surface area contributed by atoms with Crippen LogP contribution in [-0.2, 0) is 6.18 Å². The van der Waals surface area contributed by atoms with Gasteiger partial charge in [0.2, 0.25) is 0 Å². The maximum absolute atomic E-state index is 13.7. The molecule has 2 aromatic rings. The van der Waals surface area contributed by atoms with Crippen LogP contribution in [0, 0.1) is 5.82 Å². The van der Waals surface area contributed by atoms with E-state index in [-0.39, 0.29) is 17.2 Å². The van der Waals surface area contributed by atoms with Gasteiger partial charge in [0, 0.05) is 69.4 Å². The molecule has 4 N–H and O–H groups in total. The van der Waals surface area contributed by atoms with Gasteiger partial charge in [-0.25, -0.2) is 4.39 Å². The lowest BCUT2D eigenvalue weighted by atomic mass is 10.1. The first-order chi connectivity index (χ1) is 16.6. The Balaban J connectivity index is 0.000000198. The van der Waals surface area contributed by atoms with Crippen LogP contribution in [0.15, 0.2) is 36.4 Å². The lowest BCUT2D eigenvalue weighted by molar-refractivity contribution is -0.137. The van der Waals surface area contributed by atoms with Crippen molar-refractivity contribution >= 4 is 22.7 Å². The van der Waals surface area contributed by atoms with Crippen molar-refractivity contribution in [3.05, 3.63) is 47.8 Å². The molecule has 0 bridgehead atoms. The van der Waals surface area contributed by atoms with Gasteiger partial charge in [-0.15, -0.1) is 0 Å². The van der Waals surface area contributed by atoms with Crippen molar-refractivity contribution in [2.75, 3.05) is 86.7 Å². The summed E-state index contributed by atoms with van der Waals surface area (Å²) in [6, 6.07) is 8.93. The average Bonchev–Trinajstić information content (AvgIpc) is 2.84. The molecule has 194 valence electrons. The molecule has 2 saturated heterocycles. The zero-order valence-electron chi connectivity index (χ0n) is 20.5. The highest BCUT2D eigenvalue weighted by Crippen LogP contribution is 2.38. The molecular weight excluding hydrogens is 460 g/mol. The van der Waals surface area contributed by atoms with Crippen molar-refractivity contribution in [1.82, 2.24) is 9.80 Å². The highest BCUT2D eigenvalue weighted by Gasteiger charge is 2.35. The van der Waals surface area contributed by atoms with Crippen molar-refractivity contribution in [2.24, 2.45) is 0 Å². The van der Waals surface area contributed by atoms with Gasteiger partial charge in [-0.05, 0) is 49.5 Å². The number of nitrogens with zero attached hydrogens (tertiary/aromatic N) is 4. The third-order valence-corrected chi connectivity index (χ3v) is 6.62. The third kappa shape index (κ3) is 7.14. The number of anilines is 4. The SMILES string of the molecule is CCN1CCN(c2ccc(N)cc2C(F)(F)F)CC1.CCN1CCN(c2ccc(N)cc2F)CC1. The van der Waals surface area contributed by atoms with Gasteiger partial charge in [0.25, 0.3) is 0 Å². The van der Waals surface area contributed by atoms with Crippen LogP contribution >= 0.6 is 0 Å². The van der Waals surface area contributed by atoms with Gasteiger partial charge in [-0.3, -0.25) is 0 Å². The Morgan fingerprint density at radius 3 is 1.54 bits per heavy atom. The van der Waals surface area contributed by atoms with Crippen LogP contribution in [0.4, 0.5) is 40.3 Å². The summed E-state index contributed by atoms with van der Waals surface area (Å²) in [6.45, 7) is 12.8. The molecule has 10 heteroatoms. The second-order valence-corrected chi connectivity index (χ2v) is 8.83. The normalized spacial score (nSPS) is 17.8. The highest BCUT2D eigenvalue weighted by molar-refractivity contribution is 5.61. The number of piperazine rings is 2. The van der Waals surface area contributed by atoms with Crippen molar-refractivity contribution in [1.29, 1.82) is 0 Å². The minimum absolute atomic E-state index is 0.142. The molecule has 6 nitrogen and oxygen atoms in total. The van der Waals surface area contributed by atoms with Crippen molar-refractivity contribution in [3.8, 4) is 0 Å². The van der Waals surface area contributed by atoms with E-state index in [0.717, 1.165) is 58.4 Å². The average molecular weight is 497 g/mol. The van der Waals surface area contributed by atoms with E-state index < -0.39 is 11.7 Å². The van der Waals surface area contributed by atoms with Crippen LogP contribution in [-0.4, -0.2) is 75.2 Å². The number of likely N-dealkylation sites (N-methyl/N-ethyl adjacent to an activating group) is 2. The molecule has 0 aromatic heterocycles. The molecule has 2 aromatic carbocycles. The summed E-state index contributed by atoms with van der Waals surface area (Å²) >= 11 is 0. The van der Waals surface area contributed by atoms with Crippen molar-refractivity contribution < 1.29 is 17.6 Å².